The van der Waals surface area contributed by atoms with Crippen molar-refractivity contribution in [2.75, 3.05) is 31.2 Å². The Morgan fingerprint density at radius 2 is 1.74 bits per heavy atom. The number of aryl methyl sites for hydroxylation is 1. The maximum Gasteiger partial charge on any atom is 0.150 e. The fourth-order valence-corrected chi connectivity index (χ4v) is 4.01. The molecule has 0 unspecified atom stereocenters. The van der Waals surface area contributed by atoms with Crippen molar-refractivity contribution < 1.29 is 13.5 Å². The van der Waals surface area contributed by atoms with Crippen LogP contribution >= 0.6 is 0 Å². The highest BCUT2D eigenvalue weighted by Crippen LogP contribution is 2.43. The highest BCUT2D eigenvalue weighted by molar-refractivity contribution is 5.83. The van der Waals surface area contributed by atoms with Gasteiger partial charge in [-0.1, -0.05) is 0 Å². The standard InChI is InChI=1S/C20H18F2N4O/c1-12-17(18(25-24-12)13-2-4-23-5-3-13)14-6-15(21)19(16(22)7-14)26-8-20(9-26)10-27-11-20/h2-7H,8-11H2,1H3,(H,24,25). The second kappa shape index (κ2) is 5.85. The van der Waals surface area contributed by atoms with Gasteiger partial charge in [0.2, 0.25) is 0 Å². The molecule has 1 aromatic carbocycles. The number of H-pyrrole nitrogens is 1. The van der Waals surface area contributed by atoms with E-state index in [4.69, 9.17) is 4.74 Å². The van der Waals surface area contributed by atoms with E-state index in [1.165, 1.54) is 12.1 Å². The third kappa shape index (κ3) is 2.53. The lowest BCUT2D eigenvalue weighted by molar-refractivity contribution is -0.127. The van der Waals surface area contributed by atoms with Crippen molar-refractivity contribution in [3.05, 3.63) is 54.0 Å². The number of hydrogen-bond acceptors (Lipinski definition) is 4. The topological polar surface area (TPSA) is 54.0 Å². The minimum absolute atomic E-state index is 0.0443. The van der Waals surface area contributed by atoms with Gasteiger partial charge in [-0.15, -0.1) is 0 Å². The average molecular weight is 368 g/mol. The van der Waals surface area contributed by atoms with Crippen molar-refractivity contribution in [2.24, 2.45) is 5.41 Å². The maximum atomic E-state index is 14.9. The van der Waals surface area contributed by atoms with Gasteiger partial charge in [-0.3, -0.25) is 10.1 Å². The molecule has 1 N–H and O–H groups in total. The van der Waals surface area contributed by atoms with Crippen LogP contribution in [0.1, 0.15) is 5.69 Å². The van der Waals surface area contributed by atoms with Gasteiger partial charge in [0.25, 0.3) is 0 Å². The quantitative estimate of drug-likeness (QED) is 0.768. The molecule has 2 saturated heterocycles. The minimum Gasteiger partial charge on any atom is -0.380 e. The largest absolute Gasteiger partial charge is 0.380 e. The molecular formula is C20H18F2N4O. The van der Waals surface area contributed by atoms with Gasteiger partial charge >= 0.3 is 0 Å². The van der Waals surface area contributed by atoms with Crippen LogP contribution in [-0.4, -0.2) is 41.5 Å². The van der Waals surface area contributed by atoms with Gasteiger partial charge in [-0.05, 0) is 36.8 Å². The molecule has 2 aliphatic rings. The van der Waals surface area contributed by atoms with E-state index < -0.39 is 11.6 Å². The Morgan fingerprint density at radius 3 is 2.33 bits per heavy atom. The number of anilines is 1. The molecule has 0 bridgehead atoms. The van der Waals surface area contributed by atoms with E-state index >= 15 is 0 Å². The predicted molar refractivity (Wildman–Crippen MR) is 97.4 cm³/mol. The summed E-state index contributed by atoms with van der Waals surface area (Å²) in [5.74, 6) is -1.11. The predicted octanol–water partition coefficient (Wildman–Crippen LogP) is 3.56. The molecule has 7 heteroatoms. The van der Waals surface area contributed by atoms with Crippen LogP contribution in [0.15, 0.2) is 36.7 Å². The van der Waals surface area contributed by atoms with Crippen molar-refractivity contribution >= 4 is 5.69 Å². The number of nitrogens with zero attached hydrogens (tertiary/aromatic N) is 3. The molecule has 27 heavy (non-hydrogen) atoms. The number of pyridine rings is 1. The molecule has 138 valence electrons. The molecule has 2 aromatic heterocycles. The Hall–Kier alpha value is -2.80. The Balaban J connectivity index is 1.53. The van der Waals surface area contributed by atoms with Crippen molar-refractivity contribution in [3.8, 4) is 22.4 Å². The lowest BCUT2D eigenvalue weighted by Gasteiger charge is -2.56. The molecule has 5 rings (SSSR count). The highest BCUT2D eigenvalue weighted by Gasteiger charge is 2.50. The second-order valence-corrected chi connectivity index (χ2v) is 7.45. The van der Waals surface area contributed by atoms with Gasteiger partial charge in [-0.25, -0.2) is 8.78 Å². The van der Waals surface area contributed by atoms with E-state index in [0.29, 0.717) is 43.1 Å². The lowest BCUT2D eigenvalue weighted by atomic mass is 9.77. The van der Waals surface area contributed by atoms with Gasteiger partial charge in [0.1, 0.15) is 23.0 Å². The van der Waals surface area contributed by atoms with Crippen LogP contribution in [0, 0.1) is 24.0 Å². The van der Waals surface area contributed by atoms with Gasteiger partial charge in [0.05, 0.1) is 18.6 Å². The van der Waals surface area contributed by atoms with Crippen molar-refractivity contribution in [1.82, 2.24) is 15.2 Å². The first-order valence-electron chi connectivity index (χ1n) is 8.84. The van der Waals surface area contributed by atoms with Gasteiger partial charge in [0.15, 0.2) is 0 Å². The summed E-state index contributed by atoms with van der Waals surface area (Å²) in [6.45, 7) is 4.45. The zero-order valence-corrected chi connectivity index (χ0v) is 14.8. The van der Waals surface area contributed by atoms with Gasteiger partial charge in [-0.2, -0.15) is 5.10 Å². The van der Waals surface area contributed by atoms with Crippen LogP contribution in [0.3, 0.4) is 0 Å². The summed E-state index contributed by atoms with van der Waals surface area (Å²) in [6, 6.07) is 6.42. The Morgan fingerprint density at radius 1 is 1.07 bits per heavy atom. The molecule has 0 aliphatic carbocycles. The van der Waals surface area contributed by atoms with Crippen LogP contribution in [-0.2, 0) is 4.74 Å². The van der Waals surface area contributed by atoms with E-state index in [2.05, 4.69) is 15.2 Å². The number of aromatic nitrogens is 3. The van der Waals surface area contributed by atoms with Crippen LogP contribution < -0.4 is 4.90 Å². The molecule has 0 saturated carbocycles. The molecule has 5 nitrogen and oxygen atoms in total. The van der Waals surface area contributed by atoms with Crippen LogP contribution in [0.2, 0.25) is 0 Å². The van der Waals surface area contributed by atoms with Crippen molar-refractivity contribution in [3.63, 3.8) is 0 Å². The number of hydrogen-bond donors (Lipinski definition) is 1. The van der Waals surface area contributed by atoms with Crippen LogP contribution in [0.5, 0.6) is 0 Å². The first-order chi connectivity index (χ1) is 13.1. The number of halogens is 2. The van der Waals surface area contributed by atoms with E-state index in [-0.39, 0.29) is 11.1 Å². The summed E-state index contributed by atoms with van der Waals surface area (Å²) >= 11 is 0. The van der Waals surface area contributed by atoms with E-state index in [9.17, 15) is 8.78 Å². The third-order valence-electron chi connectivity index (χ3n) is 5.39. The average Bonchev–Trinajstić information content (AvgIpc) is 2.97. The molecular weight excluding hydrogens is 350 g/mol. The number of aromatic amines is 1. The molecule has 0 atom stereocenters. The van der Waals surface area contributed by atoms with E-state index in [0.717, 1.165) is 11.3 Å². The normalized spacial score (nSPS) is 17.7. The summed E-state index contributed by atoms with van der Waals surface area (Å²) in [4.78, 5) is 5.76. The number of nitrogens with one attached hydrogen (secondary N) is 1. The minimum atomic E-state index is -0.554. The summed E-state index contributed by atoms with van der Waals surface area (Å²) < 4.78 is 35.0. The number of rotatable bonds is 3. The third-order valence-corrected chi connectivity index (χ3v) is 5.39. The highest BCUT2D eigenvalue weighted by atomic mass is 19.1. The molecule has 3 aromatic rings. The Kier molecular flexibility index (Phi) is 3.55. The van der Waals surface area contributed by atoms with Gasteiger partial charge < -0.3 is 9.64 Å². The SMILES string of the molecule is Cc1[nH]nc(-c2ccncc2)c1-c1cc(F)c(N2CC3(COC3)C2)c(F)c1. The maximum absolute atomic E-state index is 14.9. The molecule has 0 amide bonds. The molecule has 0 radical (unpaired) electrons. The summed E-state index contributed by atoms with van der Waals surface area (Å²) in [5, 5.41) is 7.24. The fraction of sp³-hybridized carbons (Fsp3) is 0.300. The molecule has 2 aliphatic heterocycles. The van der Waals surface area contributed by atoms with Gasteiger partial charge in [0, 0.05) is 42.3 Å². The van der Waals surface area contributed by atoms with Crippen molar-refractivity contribution in [1.29, 1.82) is 0 Å². The summed E-state index contributed by atoms with van der Waals surface area (Å²) in [7, 11) is 0. The molecule has 4 heterocycles. The lowest BCUT2D eigenvalue weighted by Crippen LogP contribution is -2.66. The molecule has 1 spiro atoms. The first-order valence-corrected chi connectivity index (χ1v) is 8.84. The van der Waals surface area contributed by atoms with E-state index in [1.807, 2.05) is 19.1 Å². The number of ether oxygens (including phenoxy) is 1. The first kappa shape index (κ1) is 16.4. The fourth-order valence-electron chi connectivity index (χ4n) is 4.01. The van der Waals surface area contributed by atoms with Crippen molar-refractivity contribution in [2.45, 2.75) is 6.92 Å². The number of benzene rings is 1. The Bertz CT molecular complexity index is 983. The summed E-state index contributed by atoms with van der Waals surface area (Å²) in [6.07, 6.45) is 3.33. The Labute approximate surface area is 155 Å². The van der Waals surface area contributed by atoms with Crippen LogP contribution in [0.4, 0.5) is 14.5 Å². The van der Waals surface area contributed by atoms with E-state index in [1.54, 1.807) is 17.3 Å². The molecule has 2 fully saturated rings. The summed E-state index contributed by atoms with van der Waals surface area (Å²) in [5.41, 5.74) is 3.53. The second-order valence-electron chi connectivity index (χ2n) is 7.45. The zero-order valence-electron chi connectivity index (χ0n) is 14.8. The zero-order chi connectivity index (χ0) is 18.6. The van der Waals surface area contributed by atoms with Crippen LogP contribution in [0.25, 0.3) is 22.4 Å². The monoisotopic (exact) mass is 368 g/mol. The smallest absolute Gasteiger partial charge is 0.150 e.